The Kier molecular flexibility index (Phi) is 6.15. The molecule has 1 fully saturated rings. The van der Waals surface area contributed by atoms with E-state index >= 15 is 0 Å². The van der Waals surface area contributed by atoms with Crippen LogP contribution in [0.3, 0.4) is 0 Å². The van der Waals surface area contributed by atoms with Crippen LogP contribution in [0.1, 0.15) is 40.1 Å². The molecule has 1 amide bonds. The summed E-state index contributed by atoms with van der Waals surface area (Å²) < 4.78 is 47.5. The minimum absolute atomic E-state index is 0.0625. The average molecular weight is 457 g/mol. The predicted molar refractivity (Wildman–Crippen MR) is 111 cm³/mol. The minimum Gasteiger partial charge on any atom is -0.369 e. The van der Waals surface area contributed by atoms with Gasteiger partial charge >= 0.3 is 6.18 Å². The first-order valence-electron chi connectivity index (χ1n) is 10.4. The van der Waals surface area contributed by atoms with Crippen LogP contribution in [0.2, 0.25) is 0 Å². The number of aromatic nitrogens is 2. The van der Waals surface area contributed by atoms with Crippen LogP contribution in [-0.2, 0) is 40.8 Å². The highest BCUT2D eigenvalue weighted by atomic mass is 32.1. The Morgan fingerprint density at radius 2 is 2.06 bits per heavy atom. The van der Waals surface area contributed by atoms with Crippen LogP contribution in [0, 0.1) is 0 Å². The van der Waals surface area contributed by atoms with E-state index in [0.717, 1.165) is 47.0 Å². The second kappa shape index (κ2) is 8.55. The summed E-state index contributed by atoms with van der Waals surface area (Å²) in [5, 5.41) is 4.34. The molecule has 2 aliphatic rings. The molecule has 4 heterocycles. The van der Waals surface area contributed by atoms with Crippen molar-refractivity contribution < 1.29 is 22.7 Å². The maximum absolute atomic E-state index is 13.2. The molecule has 0 bridgehead atoms. The van der Waals surface area contributed by atoms with E-state index in [9.17, 15) is 18.0 Å². The summed E-state index contributed by atoms with van der Waals surface area (Å²) in [6, 6.07) is 1.31. The first kappa shape index (κ1) is 22.3. The van der Waals surface area contributed by atoms with Gasteiger partial charge in [-0.2, -0.15) is 18.3 Å². The fourth-order valence-corrected chi connectivity index (χ4v) is 5.59. The molecule has 0 aromatic carbocycles. The third-order valence-electron chi connectivity index (χ3n) is 6.06. The van der Waals surface area contributed by atoms with Gasteiger partial charge in [-0.15, -0.1) is 11.3 Å². The smallest absolute Gasteiger partial charge is 0.369 e. The molecule has 0 radical (unpaired) electrons. The molecule has 0 unspecified atom stereocenters. The number of halogens is 3. The molecule has 10 heteroatoms. The van der Waals surface area contributed by atoms with E-state index in [-0.39, 0.29) is 5.91 Å². The number of amides is 1. The van der Waals surface area contributed by atoms with Crippen LogP contribution in [-0.4, -0.2) is 59.3 Å². The lowest BCUT2D eigenvalue weighted by Crippen LogP contribution is -2.45. The molecule has 2 aromatic rings. The van der Waals surface area contributed by atoms with E-state index < -0.39 is 16.7 Å². The number of thiophene rings is 1. The number of alkyl halides is 3. The molecule has 0 aliphatic carbocycles. The highest BCUT2D eigenvalue weighted by Gasteiger charge is 2.45. The number of carbonyl (C=O) groups excluding carboxylic acids is 1. The number of fused-ring (bicyclic) bond motifs is 2. The van der Waals surface area contributed by atoms with Gasteiger partial charge < -0.3 is 9.64 Å². The van der Waals surface area contributed by atoms with Gasteiger partial charge in [0.15, 0.2) is 0 Å². The topological polar surface area (TPSA) is 50.6 Å². The van der Waals surface area contributed by atoms with Crippen molar-refractivity contribution in [1.82, 2.24) is 19.6 Å². The Hall–Kier alpha value is -1.91. The van der Waals surface area contributed by atoms with Crippen LogP contribution >= 0.6 is 11.3 Å². The van der Waals surface area contributed by atoms with Crippen molar-refractivity contribution in [2.24, 2.45) is 0 Å². The summed E-state index contributed by atoms with van der Waals surface area (Å²) in [6.45, 7) is 3.24. The van der Waals surface area contributed by atoms with Crippen molar-refractivity contribution in [1.29, 1.82) is 0 Å². The monoisotopic (exact) mass is 456 g/mol. The van der Waals surface area contributed by atoms with Gasteiger partial charge in [-0.3, -0.25) is 14.4 Å². The minimum atomic E-state index is -4.30. The molecular weight excluding hydrogens is 429 g/mol. The third-order valence-corrected chi connectivity index (χ3v) is 7.47. The van der Waals surface area contributed by atoms with E-state index in [1.807, 2.05) is 12.4 Å². The fourth-order valence-electron chi connectivity index (χ4n) is 4.31. The van der Waals surface area contributed by atoms with Crippen LogP contribution in [0.4, 0.5) is 13.2 Å². The van der Waals surface area contributed by atoms with E-state index in [2.05, 4.69) is 10.00 Å². The number of aryl methyl sites for hydroxylation is 1. The summed E-state index contributed by atoms with van der Waals surface area (Å²) in [5.74, 6) is 0.0625. The molecule has 2 aliphatic heterocycles. The predicted octanol–water partition coefficient (Wildman–Crippen LogP) is 3.51. The van der Waals surface area contributed by atoms with Gasteiger partial charge in [0, 0.05) is 63.3 Å². The number of hydrogen-bond acceptors (Lipinski definition) is 5. The van der Waals surface area contributed by atoms with Gasteiger partial charge in [-0.1, -0.05) is 0 Å². The maximum Gasteiger partial charge on any atom is 0.425 e. The highest BCUT2D eigenvalue weighted by Crippen LogP contribution is 2.48. The second-order valence-electron chi connectivity index (χ2n) is 8.48. The molecule has 2 aromatic heterocycles. The second-order valence-corrected chi connectivity index (χ2v) is 9.53. The Morgan fingerprint density at radius 3 is 2.74 bits per heavy atom. The van der Waals surface area contributed by atoms with Crippen LogP contribution in [0.15, 0.2) is 18.5 Å². The van der Waals surface area contributed by atoms with Crippen molar-refractivity contribution in [2.75, 3.05) is 33.8 Å². The van der Waals surface area contributed by atoms with Gasteiger partial charge in [0.05, 0.1) is 12.8 Å². The van der Waals surface area contributed by atoms with Crippen LogP contribution < -0.4 is 0 Å². The number of piperidine rings is 1. The molecule has 0 atom stereocenters. The Balaban J connectivity index is 1.36. The molecule has 31 heavy (non-hydrogen) atoms. The number of carbonyl (C=O) groups is 1. The average Bonchev–Trinajstić information content (AvgIpc) is 3.35. The molecule has 170 valence electrons. The Morgan fingerprint density at radius 1 is 1.32 bits per heavy atom. The van der Waals surface area contributed by atoms with E-state index in [1.165, 1.54) is 6.07 Å². The first-order chi connectivity index (χ1) is 14.7. The molecule has 0 saturated carbocycles. The Bertz CT molecular complexity index is 929. The lowest BCUT2D eigenvalue weighted by atomic mass is 9.85. The van der Waals surface area contributed by atoms with Crippen LogP contribution in [0.25, 0.3) is 0 Å². The fraction of sp³-hybridized carbons (Fsp3) is 0.619. The molecule has 6 nitrogen and oxygen atoms in total. The first-order valence-corrected chi connectivity index (χ1v) is 11.3. The standard InChI is InChI=1S/C21H27F3N4O2S/c1-26(2)18(29)3-7-28-14-15(12-25-28)13-27-8-5-20(6-9-27)19-16(4-10-30-20)11-17(31-19)21(22,23)24/h11-12,14H,3-10,13H2,1-2H3. The SMILES string of the molecule is CN(C)C(=O)CCn1cc(CN2CCC3(CC2)OCCc2cc(C(F)(F)F)sc23)cn1. The van der Waals surface area contributed by atoms with Crippen molar-refractivity contribution in [3.8, 4) is 0 Å². The lowest BCUT2D eigenvalue weighted by molar-refractivity contribution is -0.134. The number of nitrogens with zero attached hydrogens (tertiary/aromatic N) is 4. The van der Waals surface area contributed by atoms with E-state index in [0.29, 0.717) is 38.8 Å². The van der Waals surface area contributed by atoms with Crippen molar-refractivity contribution >= 4 is 17.2 Å². The molecule has 1 spiro atoms. The quantitative estimate of drug-likeness (QED) is 0.691. The van der Waals surface area contributed by atoms with Crippen LogP contribution in [0.5, 0.6) is 0 Å². The van der Waals surface area contributed by atoms with Crippen molar-refractivity contribution in [3.63, 3.8) is 0 Å². The summed E-state index contributed by atoms with van der Waals surface area (Å²) in [6.07, 6.45) is 1.78. The highest BCUT2D eigenvalue weighted by molar-refractivity contribution is 7.12. The zero-order valence-corrected chi connectivity index (χ0v) is 18.6. The molecular formula is C21H27F3N4O2S. The van der Waals surface area contributed by atoms with Gasteiger partial charge in [0.25, 0.3) is 0 Å². The van der Waals surface area contributed by atoms with Gasteiger partial charge in [-0.05, 0) is 30.9 Å². The van der Waals surface area contributed by atoms with Gasteiger partial charge in [0.1, 0.15) is 10.5 Å². The van der Waals surface area contributed by atoms with E-state index in [1.54, 1.807) is 23.7 Å². The molecule has 1 saturated heterocycles. The lowest BCUT2D eigenvalue weighted by Gasteiger charge is -2.43. The third kappa shape index (κ3) is 4.80. The Labute approximate surface area is 183 Å². The van der Waals surface area contributed by atoms with Crippen molar-refractivity contribution in [2.45, 2.75) is 50.6 Å². The summed E-state index contributed by atoms with van der Waals surface area (Å²) in [7, 11) is 3.47. The zero-order valence-electron chi connectivity index (χ0n) is 17.7. The number of likely N-dealkylation sites (tertiary alicyclic amines) is 1. The molecule has 0 N–H and O–H groups in total. The summed E-state index contributed by atoms with van der Waals surface area (Å²) >= 11 is 0.853. The normalized spacial score (nSPS) is 18.9. The van der Waals surface area contributed by atoms with E-state index in [4.69, 9.17) is 4.74 Å². The zero-order chi connectivity index (χ0) is 22.2. The number of hydrogen-bond donors (Lipinski definition) is 0. The number of ether oxygens (including phenoxy) is 1. The number of rotatable bonds is 5. The van der Waals surface area contributed by atoms with Crippen molar-refractivity contribution in [3.05, 3.63) is 39.3 Å². The van der Waals surface area contributed by atoms with Gasteiger partial charge in [0.2, 0.25) is 5.91 Å². The molecule has 4 rings (SSSR count). The van der Waals surface area contributed by atoms with Gasteiger partial charge in [-0.25, -0.2) is 0 Å². The maximum atomic E-state index is 13.2. The summed E-state index contributed by atoms with van der Waals surface area (Å²) in [4.78, 5) is 15.8. The largest absolute Gasteiger partial charge is 0.425 e. The summed E-state index contributed by atoms with van der Waals surface area (Å²) in [5.41, 5.74) is 1.27.